The number of nitrogens with zero attached hydrogens (tertiary/aromatic N) is 2. The molecule has 0 amide bonds. The number of aliphatic hydroxyl groups excluding tert-OH is 1. The first-order chi connectivity index (χ1) is 5.75. The Morgan fingerprint density at radius 2 is 1.92 bits per heavy atom. The molecule has 0 aromatic carbocycles. The maximum absolute atomic E-state index is 8.50. The Bertz CT molecular complexity index is 281. The number of aliphatic hydroxyl groups is 1. The van der Waals surface area contributed by atoms with E-state index in [1.165, 1.54) is 12.4 Å². The molecular weight excluding hydrogens is 199 g/mol. The van der Waals surface area contributed by atoms with Crippen LogP contribution in [-0.4, -0.2) is 21.7 Å². The number of rotatable bonds is 2. The Morgan fingerprint density at radius 3 is 2.42 bits per heavy atom. The highest BCUT2D eigenvalue weighted by atomic mass is 35.5. The number of hydrogen-bond acceptors (Lipinski definition) is 3. The van der Waals surface area contributed by atoms with Crippen LogP contribution in [-0.2, 0) is 0 Å². The topological polar surface area (TPSA) is 46.0 Å². The van der Waals surface area contributed by atoms with Crippen molar-refractivity contribution in [3.8, 4) is 0 Å². The molecule has 64 valence electrons. The highest BCUT2D eigenvalue weighted by Gasteiger charge is 2.02. The zero-order valence-electron chi connectivity index (χ0n) is 6.04. The van der Waals surface area contributed by atoms with Crippen LogP contribution in [0.3, 0.4) is 0 Å². The molecule has 0 saturated heterocycles. The van der Waals surface area contributed by atoms with Crippen LogP contribution in [0.25, 0.3) is 6.08 Å². The Morgan fingerprint density at radius 1 is 1.33 bits per heavy atom. The lowest BCUT2D eigenvalue weighted by molar-refractivity contribution is 0.343. The van der Waals surface area contributed by atoms with Crippen LogP contribution in [0.15, 0.2) is 12.4 Å². The standard InChI is InChI=1S/C7H6Cl2N2O/c8-6-5(2-1-3-12)7(9)11-4-10-6/h1-2,4,12H,3H2/b2-1+. The van der Waals surface area contributed by atoms with Gasteiger partial charge in [0.05, 0.1) is 6.61 Å². The molecule has 0 bridgehead atoms. The molecule has 0 radical (unpaired) electrons. The summed E-state index contributed by atoms with van der Waals surface area (Å²) in [6, 6.07) is 0. The third-order valence-electron chi connectivity index (χ3n) is 1.18. The summed E-state index contributed by atoms with van der Waals surface area (Å²) in [7, 11) is 0. The summed E-state index contributed by atoms with van der Waals surface area (Å²) in [6.45, 7) is -0.0679. The SMILES string of the molecule is OC/C=C/c1c(Cl)ncnc1Cl. The molecule has 0 aliphatic heterocycles. The summed E-state index contributed by atoms with van der Waals surface area (Å²) in [5.41, 5.74) is 0.523. The van der Waals surface area contributed by atoms with Crippen molar-refractivity contribution in [1.29, 1.82) is 0 Å². The van der Waals surface area contributed by atoms with Gasteiger partial charge in [-0.2, -0.15) is 0 Å². The maximum atomic E-state index is 8.50. The zero-order valence-corrected chi connectivity index (χ0v) is 7.55. The lowest BCUT2D eigenvalue weighted by Gasteiger charge is -1.97. The second kappa shape index (κ2) is 4.40. The summed E-state index contributed by atoms with van der Waals surface area (Å²) >= 11 is 11.4. The molecule has 3 nitrogen and oxygen atoms in total. The van der Waals surface area contributed by atoms with Crippen LogP contribution >= 0.6 is 23.2 Å². The molecule has 0 unspecified atom stereocenters. The van der Waals surface area contributed by atoms with E-state index in [0.717, 1.165) is 0 Å². The summed E-state index contributed by atoms with van der Waals surface area (Å²) < 4.78 is 0. The maximum Gasteiger partial charge on any atom is 0.141 e. The fourth-order valence-electron chi connectivity index (χ4n) is 0.663. The Labute approximate surface area is 79.7 Å². The molecule has 0 aliphatic rings. The molecular formula is C7H6Cl2N2O. The van der Waals surface area contributed by atoms with Gasteiger partial charge in [0, 0.05) is 5.56 Å². The zero-order chi connectivity index (χ0) is 8.97. The highest BCUT2D eigenvalue weighted by Crippen LogP contribution is 2.20. The fraction of sp³-hybridized carbons (Fsp3) is 0.143. The molecule has 1 aromatic heterocycles. The van der Waals surface area contributed by atoms with Crippen molar-refractivity contribution in [2.24, 2.45) is 0 Å². The summed E-state index contributed by atoms with van der Waals surface area (Å²) in [4.78, 5) is 7.46. The number of aromatic nitrogens is 2. The lowest BCUT2D eigenvalue weighted by atomic mass is 10.3. The average molecular weight is 205 g/mol. The van der Waals surface area contributed by atoms with Gasteiger partial charge in [0.15, 0.2) is 0 Å². The van der Waals surface area contributed by atoms with Crippen LogP contribution in [0.1, 0.15) is 5.56 Å². The predicted molar refractivity (Wildman–Crippen MR) is 48.2 cm³/mol. The predicted octanol–water partition coefficient (Wildman–Crippen LogP) is 1.79. The minimum Gasteiger partial charge on any atom is -0.392 e. The van der Waals surface area contributed by atoms with E-state index in [2.05, 4.69) is 9.97 Å². The van der Waals surface area contributed by atoms with E-state index >= 15 is 0 Å². The fourth-order valence-corrected chi connectivity index (χ4v) is 1.10. The first-order valence-electron chi connectivity index (χ1n) is 3.19. The van der Waals surface area contributed by atoms with E-state index in [0.29, 0.717) is 5.56 Å². The van der Waals surface area contributed by atoms with Crippen LogP contribution in [0.2, 0.25) is 10.3 Å². The first kappa shape index (κ1) is 9.45. The van der Waals surface area contributed by atoms with Crippen molar-refractivity contribution in [3.05, 3.63) is 28.3 Å². The third kappa shape index (κ3) is 2.17. The van der Waals surface area contributed by atoms with Crippen LogP contribution in [0.5, 0.6) is 0 Å². The van der Waals surface area contributed by atoms with Crippen molar-refractivity contribution in [2.45, 2.75) is 0 Å². The quantitative estimate of drug-likeness (QED) is 0.748. The van der Waals surface area contributed by atoms with Crippen molar-refractivity contribution in [2.75, 3.05) is 6.61 Å². The average Bonchev–Trinajstić information content (AvgIpc) is 2.04. The summed E-state index contributed by atoms with van der Waals surface area (Å²) in [5.74, 6) is 0. The van der Waals surface area contributed by atoms with Crippen LogP contribution < -0.4 is 0 Å². The van der Waals surface area contributed by atoms with Crippen LogP contribution in [0.4, 0.5) is 0 Å². The largest absolute Gasteiger partial charge is 0.392 e. The minimum atomic E-state index is -0.0679. The van der Waals surface area contributed by atoms with Crippen molar-refractivity contribution >= 4 is 29.3 Å². The Hall–Kier alpha value is -0.640. The third-order valence-corrected chi connectivity index (χ3v) is 1.78. The van der Waals surface area contributed by atoms with E-state index in [1.807, 2.05) is 0 Å². The number of halogens is 2. The van der Waals surface area contributed by atoms with Crippen molar-refractivity contribution in [3.63, 3.8) is 0 Å². The molecule has 1 N–H and O–H groups in total. The Kier molecular flexibility index (Phi) is 3.47. The van der Waals surface area contributed by atoms with Gasteiger partial charge in [-0.3, -0.25) is 0 Å². The molecule has 0 saturated carbocycles. The molecule has 1 rings (SSSR count). The van der Waals surface area contributed by atoms with Gasteiger partial charge in [-0.1, -0.05) is 35.4 Å². The second-order valence-electron chi connectivity index (χ2n) is 1.95. The van der Waals surface area contributed by atoms with Crippen molar-refractivity contribution in [1.82, 2.24) is 9.97 Å². The van der Waals surface area contributed by atoms with Gasteiger partial charge in [-0.25, -0.2) is 9.97 Å². The number of hydrogen-bond donors (Lipinski definition) is 1. The summed E-state index contributed by atoms with van der Waals surface area (Å²) in [6.07, 6.45) is 4.36. The normalized spacial score (nSPS) is 10.9. The highest BCUT2D eigenvalue weighted by molar-refractivity contribution is 6.35. The van der Waals surface area contributed by atoms with E-state index in [9.17, 15) is 0 Å². The molecule has 12 heavy (non-hydrogen) atoms. The smallest absolute Gasteiger partial charge is 0.141 e. The monoisotopic (exact) mass is 204 g/mol. The van der Waals surface area contributed by atoms with Crippen molar-refractivity contribution < 1.29 is 5.11 Å². The first-order valence-corrected chi connectivity index (χ1v) is 3.94. The molecule has 0 fully saturated rings. The molecule has 1 heterocycles. The van der Waals surface area contributed by atoms with E-state index in [1.54, 1.807) is 6.08 Å². The lowest BCUT2D eigenvalue weighted by Crippen LogP contribution is -1.86. The molecule has 5 heteroatoms. The van der Waals surface area contributed by atoms with Gasteiger partial charge in [-0.15, -0.1) is 0 Å². The second-order valence-corrected chi connectivity index (χ2v) is 2.67. The summed E-state index contributed by atoms with van der Waals surface area (Å²) in [5, 5.41) is 9.05. The molecule has 1 aromatic rings. The molecule has 0 aliphatic carbocycles. The Balaban J connectivity index is 3.04. The van der Waals surface area contributed by atoms with Gasteiger partial charge < -0.3 is 5.11 Å². The molecule has 0 spiro atoms. The minimum absolute atomic E-state index is 0.0679. The van der Waals surface area contributed by atoms with Gasteiger partial charge in [-0.05, 0) is 0 Å². The van der Waals surface area contributed by atoms with E-state index in [-0.39, 0.29) is 16.9 Å². The van der Waals surface area contributed by atoms with Crippen LogP contribution in [0, 0.1) is 0 Å². The van der Waals surface area contributed by atoms with E-state index in [4.69, 9.17) is 28.3 Å². The van der Waals surface area contributed by atoms with E-state index < -0.39 is 0 Å². The van der Waals surface area contributed by atoms with Gasteiger partial charge in [0.2, 0.25) is 0 Å². The molecule has 0 atom stereocenters. The van der Waals surface area contributed by atoms with Gasteiger partial charge in [0.25, 0.3) is 0 Å². The van der Waals surface area contributed by atoms with Gasteiger partial charge >= 0.3 is 0 Å². The van der Waals surface area contributed by atoms with Gasteiger partial charge in [0.1, 0.15) is 16.6 Å².